The second-order valence-corrected chi connectivity index (χ2v) is 7.73. The summed E-state index contributed by atoms with van der Waals surface area (Å²) in [6.45, 7) is 5.76. The molecule has 0 radical (unpaired) electrons. The summed E-state index contributed by atoms with van der Waals surface area (Å²) in [5.41, 5.74) is 2.10. The highest BCUT2D eigenvalue weighted by Crippen LogP contribution is 2.23. The number of carbonyl (C=O) groups excluding carboxylic acids is 2. The first-order valence-corrected chi connectivity index (χ1v) is 8.78. The Bertz CT molecular complexity index is 711. The molecule has 0 unspecified atom stereocenters. The molecule has 0 fully saturated rings. The van der Waals surface area contributed by atoms with Crippen molar-refractivity contribution in [3.05, 3.63) is 34.9 Å². The second-order valence-electron chi connectivity index (χ2n) is 7.73. The van der Waals surface area contributed by atoms with E-state index in [-0.39, 0.29) is 13.1 Å². The van der Waals surface area contributed by atoms with Gasteiger partial charge in [0.05, 0.1) is 0 Å². The van der Waals surface area contributed by atoms with Gasteiger partial charge in [0.25, 0.3) is 0 Å². The molecule has 2 rings (SSSR count). The number of carbonyl (C=O) groups is 2. The van der Waals surface area contributed by atoms with Crippen molar-refractivity contribution in [1.82, 2.24) is 9.80 Å². The molecule has 0 saturated heterocycles. The fourth-order valence-corrected chi connectivity index (χ4v) is 2.94. The van der Waals surface area contributed by atoms with Crippen LogP contribution >= 0.6 is 0 Å². The first-order valence-electron chi connectivity index (χ1n) is 8.78. The average molecular weight is 386 g/mol. The van der Waals surface area contributed by atoms with E-state index in [0.29, 0.717) is 19.4 Å². The number of rotatable bonds is 2. The van der Waals surface area contributed by atoms with Gasteiger partial charge in [-0.2, -0.15) is 13.2 Å². The van der Waals surface area contributed by atoms with Gasteiger partial charge >= 0.3 is 18.2 Å². The fourth-order valence-electron chi connectivity index (χ4n) is 2.94. The zero-order chi connectivity index (χ0) is 20.4. The maximum Gasteiger partial charge on any atom is 0.471 e. The topological polar surface area (TPSA) is 49.9 Å². The van der Waals surface area contributed by atoms with Crippen LogP contribution in [0.3, 0.4) is 0 Å². The van der Waals surface area contributed by atoms with Crippen LogP contribution in [0.2, 0.25) is 0 Å². The molecule has 1 aliphatic rings. The van der Waals surface area contributed by atoms with E-state index in [2.05, 4.69) is 0 Å². The Morgan fingerprint density at radius 1 is 1.11 bits per heavy atom. The van der Waals surface area contributed by atoms with E-state index in [1.165, 1.54) is 4.90 Å². The summed E-state index contributed by atoms with van der Waals surface area (Å²) in [5.74, 6) is -1.79. The summed E-state index contributed by atoms with van der Waals surface area (Å²) in [6, 6.07) is 5.59. The number of amides is 2. The molecule has 0 aromatic heterocycles. The molecule has 0 saturated carbocycles. The summed E-state index contributed by atoms with van der Waals surface area (Å²) < 4.78 is 43.3. The third-order valence-corrected chi connectivity index (χ3v) is 4.23. The van der Waals surface area contributed by atoms with Crippen LogP contribution in [0, 0.1) is 0 Å². The van der Waals surface area contributed by atoms with E-state index in [1.54, 1.807) is 27.8 Å². The Labute approximate surface area is 157 Å². The highest BCUT2D eigenvalue weighted by atomic mass is 19.4. The zero-order valence-electron chi connectivity index (χ0n) is 16.0. The van der Waals surface area contributed by atoms with Gasteiger partial charge in [-0.3, -0.25) is 4.79 Å². The molecule has 1 aromatic rings. The maximum absolute atomic E-state index is 12.7. The summed E-state index contributed by atoms with van der Waals surface area (Å²) in [6.07, 6.45) is -4.57. The minimum Gasteiger partial charge on any atom is -0.444 e. The van der Waals surface area contributed by atoms with Gasteiger partial charge in [-0.15, -0.1) is 0 Å². The van der Waals surface area contributed by atoms with E-state index >= 15 is 0 Å². The largest absolute Gasteiger partial charge is 0.471 e. The molecule has 1 heterocycles. The van der Waals surface area contributed by atoms with Crippen LogP contribution in [0.5, 0.6) is 0 Å². The lowest BCUT2D eigenvalue weighted by Gasteiger charge is -2.25. The number of benzene rings is 1. The van der Waals surface area contributed by atoms with Crippen molar-refractivity contribution in [1.29, 1.82) is 0 Å². The van der Waals surface area contributed by atoms with Crippen molar-refractivity contribution in [2.75, 3.05) is 20.1 Å². The van der Waals surface area contributed by atoms with Gasteiger partial charge in [-0.1, -0.05) is 18.2 Å². The van der Waals surface area contributed by atoms with Gasteiger partial charge in [-0.05, 0) is 50.3 Å². The molecule has 5 nitrogen and oxygen atoms in total. The lowest BCUT2D eigenvalue weighted by Crippen LogP contribution is -2.42. The van der Waals surface area contributed by atoms with Crippen LogP contribution in [-0.2, 0) is 28.9 Å². The average Bonchev–Trinajstić information content (AvgIpc) is 2.73. The normalized spacial score (nSPS) is 15.0. The molecule has 150 valence electrons. The van der Waals surface area contributed by atoms with E-state index < -0.39 is 23.8 Å². The molecule has 0 bridgehead atoms. The second kappa shape index (κ2) is 7.78. The first kappa shape index (κ1) is 21.1. The number of fused-ring (bicyclic) bond motifs is 1. The maximum atomic E-state index is 12.7. The molecule has 0 N–H and O–H groups in total. The smallest absolute Gasteiger partial charge is 0.444 e. The first-order chi connectivity index (χ1) is 12.4. The molecule has 1 aliphatic heterocycles. The standard InChI is InChI=1S/C19H25F3N2O3/c1-18(2,3)27-17(26)23(4)12-13-5-6-14-7-9-24(10-8-15(14)11-13)16(25)19(20,21)22/h5-6,11H,7-10,12H2,1-4H3. The molecule has 0 aliphatic carbocycles. The van der Waals surface area contributed by atoms with Crippen molar-refractivity contribution in [2.24, 2.45) is 0 Å². The molecule has 1 aromatic carbocycles. The van der Waals surface area contributed by atoms with Gasteiger partial charge in [0.2, 0.25) is 0 Å². The van der Waals surface area contributed by atoms with Gasteiger partial charge in [0, 0.05) is 26.7 Å². The van der Waals surface area contributed by atoms with Gasteiger partial charge in [0.15, 0.2) is 0 Å². The van der Waals surface area contributed by atoms with Crippen LogP contribution < -0.4 is 0 Å². The SMILES string of the molecule is CN(Cc1ccc2c(c1)CCN(C(=O)C(F)(F)F)CC2)C(=O)OC(C)(C)C. The predicted octanol–water partition coefficient (Wildman–Crippen LogP) is 3.54. The third-order valence-electron chi connectivity index (χ3n) is 4.23. The lowest BCUT2D eigenvalue weighted by molar-refractivity contribution is -0.185. The van der Waals surface area contributed by atoms with Gasteiger partial charge < -0.3 is 14.5 Å². The Hall–Kier alpha value is -2.25. The van der Waals surface area contributed by atoms with Crippen LogP contribution in [0.25, 0.3) is 0 Å². The Kier molecular flexibility index (Phi) is 6.07. The van der Waals surface area contributed by atoms with E-state index in [4.69, 9.17) is 4.74 Å². The summed E-state index contributed by atoms with van der Waals surface area (Å²) in [5, 5.41) is 0. The number of hydrogen-bond acceptors (Lipinski definition) is 3. The van der Waals surface area contributed by atoms with Crippen molar-refractivity contribution in [2.45, 2.75) is 51.9 Å². The van der Waals surface area contributed by atoms with E-state index in [0.717, 1.165) is 21.6 Å². The van der Waals surface area contributed by atoms with Crippen molar-refractivity contribution < 1.29 is 27.5 Å². The van der Waals surface area contributed by atoms with Gasteiger partial charge in [-0.25, -0.2) is 4.79 Å². The minimum atomic E-state index is -4.85. The monoisotopic (exact) mass is 386 g/mol. The molecular formula is C19H25F3N2O3. The van der Waals surface area contributed by atoms with Crippen LogP contribution in [0.15, 0.2) is 18.2 Å². The number of alkyl halides is 3. The third kappa shape index (κ3) is 5.87. The molecule has 0 atom stereocenters. The summed E-state index contributed by atoms with van der Waals surface area (Å²) >= 11 is 0. The molecular weight excluding hydrogens is 361 g/mol. The molecule has 2 amide bonds. The number of halogens is 3. The van der Waals surface area contributed by atoms with E-state index in [9.17, 15) is 22.8 Å². The summed E-state index contributed by atoms with van der Waals surface area (Å²) in [7, 11) is 1.63. The quantitative estimate of drug-likeness (QED) is 0.781. The number of ether oxygens (including phenoxy) is 1. The highest BCUT2D eigenvalue weighted by Gasteiger charge is 2.42. The number of hydrogen-bond donors (Lipinski definition) is 0. The van der Waals surface area contributed by atoms with Crippen molar-refractivity contribution >= 4 is 12.0 Å². The minimum absolute atomic E-state index is 0.0245. The summed E-state index contributed by atoms with van der Waals surface area (Å²) in [4.78, 5) is 25.8. The number of nitrogens with zero attached hydrogens (tertiary/aromatic N) is 2. The van der Waals surface area contributed by atoms with Crippen LogP contribution in [0.1, 0.15) is 37.5 Å². The van der Waals surface area contributed by atoms with Crippen LogP contribution in [0.4, 0.5) is 18.0 Å². The lowest BCUT2D eigenvalue weighted by atomic mass is 10.00. The Morgan fingerprint density at radius 2 is 1.70 bits per heavy atom. The molecule has 27 heavy (non-hydrogen) atoms. The van der Waals surface area contributed by atoms with Crippen molar-refractivity contribution in [3.63, 3.8) is 0 Å². The fraction of sp³-hybridized carbons (Fsp3) is 0.579. The van der Waals surface area contributed by atoms with Gasteiger partial charge in [0.1, 0.15) is 5.60 Å². The van der Waals surface area contributed by atoms with E-state index in [1.807, 2.05) is 18.2 Å². The zero-order valence-corrected chi connectivity index (χ0v) is 16.0. The Balaban J connectivity index is 2.05. The molecule has 8 heteroatoms. The highest BCUT2D eigenvalue weighted by molar-refractivity contribution is 5.82. The Morgan fingerprint density at radius 3 is 2.26 bits per heavy atom. The molecule has 0 spiro atoms. The van der Waals surface area contributed by atoms with Crippen LogP contribution in [-0.4, -0.2) is 53.7 Å². The van der Waals surface area contributed by atoms with Crippen molar-refractivity contribution in [3.8, 4) is 0 Å². The predicted molar refractivity (Wildman–Crippen MR) is 94.2 cm³/mol.